The van der Waals surface area contributed by atoms with Crippen LogP contribution in [0.15, 0.2) is 28.9 Å². The zero-order chi connectivity index (χ0) is 12.7. The van der Waals surface area contributed by atoms with Gasteiger partial charge in [0.15, 0.2) is 0 Å². The smallest absolute Gasteiger partial charge is 0.0713 e. The lowest BCUT2D eigenvalue weighted by atomic mass is 10.1. The lowest BCUT2D eigenvalue weighted by molar-refractivity contribution is 0.619. The summed E-state index contributed by atoms with van der Waals surface area (Å²) in [6.45, 7) is 1.11. The summed E-state index contributed by atoms with van der Waals surface area (Å²) in [4.78, 5) is 4.64. The molecule has 4 heteroatoms. The van der Waals surface area contributed by atoms with Gasteiger partial charge < -0.3 is 4.57 Å². The number of fused-ring (bicyclic) bond motifs is 5. The molecule has 2 aromatic heterocycles. The van der Waals surface area contributed by atoms with E-state index >= 15 is 0 Å². The van der Waals surface area contributed by atoms with E-state index in [1.54, 1.807) is 0 Å². The number of halogens is 2. The van der Waals surface area contributed by atoms with Crippen molar-refractivity contribution in [3.8, 4) is 0 Å². The molecule has 0 saturated heterocycles. The molecule has 1 fully saturated rings. The highest BCUT2D eigenvalue weighted by molar-refractivity contribution is 9.10. The van der Waals surface area contributed by atoms with Gasteiger partial charge in [-0.05, 0) is 46.5 Å². The third kappa shape index (κ3) is 1.25. The van der Waals surface area contributed by atoms with Crippen LogP contribution in [0, 0.1) is 5.92 Å². The van der Waals surface area contributed by atoms with Gasteiger partial charge in [0.25, 0.3) is 0 Å². The molecule has 3 heterocycles. The van der Waals surface area contributed by atoms with Crippen LogP contribution in [0.1, 0.15) is 18.0 Å². The van der Waals surface area contributed by atoms with Gasteiger partial charge in [-0.1, -0.05) is 11.6 Å². The molecule has 0 radical (unpaired) electrons. The minimum absolute atomic E-state index is 0.690. The molecule has 0 bridgehead atoms. The Morgan fingerprint density at radius 1 is 1.26 bits per heavy atom. The van der Waals surface area contributed by atoms with Crippen LogP contribution < -0.4 is 0 Å². The van der Waals surface area contributed by atoms with E-state index in [0.717, 1.165) is 22.0 Å². The van der Waals surface area contributed by atoms with Crippen molar-refractivity contribution in [2.45, 2.75) is 18.9 Å². The summed E-state index contributed by atoms with van der Waals surface area (Å²) in [5.41, 5.74) is 3.87. The highest BCUT2D eigenvalue weighted by atomic mass is 79.9. The van der Waals surface area contributed by atoms with E-state index in [1.165, 1.54) is 33.9 Å². The number of aromatic nitrogens is 2. The Morgan fingerprint density at radius 3 is 3.05 bits per heavy atom. The quantitative estimate of drug-likeness (QED) is 0.582. The Labute approximate surface area is 123 Å². The topological polar surface area (TPSA) is 17.8 Å². The maximum Gasteiger partial charge on any atom is 0.0713 e. The zero-order valence-electron chi connectivity index (χ0n) is 10.0. The monoisotopic (exact) mass is 332 g/mol. The van der Waals surface area contributed by atoms with Crippen molar-refractivity contribution >= 4 is 49.3 Å². The average Bonchev–Trinajstić information content (AvgIpc) is 3.09. The Morgan fingerprint density at radius 2 is 2.16 bits per heavy atom. The fourth-order valence-electron chi connectivity index (χ4n) is 3.60. The number of hydrogen-bond acceptors (Lipinski definition) is 1. The van der Waals surface area contributed by atoms with E-state index in [0.29, 0.717) is 5.92 Å². The second kappa shape index (κ2) is 3.33. The predicted molar refractivity (Wildman–Crippen MR) is 80.8 cm³/mol. The van der Waals surface area contributed by atoms with Crippen molar-refractivity contribution in [1.29, 1.82) is 0 Å². The van der Waals surface area contributed by atoms with Crippen molar-refractivity contribution in [3.05, 3.63) is 39.6 Å². The summed E-state index contributed by atoms with van der Waals surface area (Å²) in [6, 6.07) is 6.17. The van der Waals surface area contributed by atoms with Crippen molar-refractivity contribution < 1.29 is 0 Å². The molecule has 2 unspecified atom stereocenters. The number of nitrogens with zero attached hydrogens (tertiary/aromatic N) is 2. The standard InChI is InChI=1S/C15H10BrClN2/c16-12-5-8(17)4-11-9-1-2-18-13-10-3-7(10)6-19(14(11)12)15(9)13/h1-2,4-5,7,10H,3,6H2. The van der Waals surface area contributed by atoms with Gasteiger partial charge in [-0.25, -0.2) is 0 Å². The minimum atomic E-state index is 0.690. The van der Waals surface area contributed by atoms with Crippen LogP contribution in [0.5, 0.6) is 0 Å². The van der Waals surface area contributed by atoms with Gasteiger partial charge >= 0.3 is 0 Å². The maximum absolute atomic E-state index is 6.21. The summed E-state index contributed by atoms with van der Waals surface area (Å²) in [5, 5.41) is 3.30. The first kappa shape index (κ1) is 10.7. The first-order valence-corrected chi connectivity index (χ1v) is 7.67. The Kier molecular flexibility index (Phi) is 1.88. The molecular formula is C15H10BrClN2. The molecule has 5 rings (SSSR count). The zero-order valence-corrected chi connectivity index (χ0v) is 12.4. The molecule has 1 aliphatic carbocycles. The van der Waals surface area contributed by atoms with E-state index < -0.39 is 0 Å². The van der Waals surface area contributed by atoms with Crippen LogP contribution in [0.4, 0.5) is 0 Å². The molecule has 0 N–H and O–H groups in total. The molecule has 1 aliphatic heterocycles. The van der Waals surface area contributed by atoms with Crippen molar-refractivity contribution in [3.63, 3.8) is 0 Å². The minimum Gasteiger partial charge on any atom is -0.338 e. The third-order valence-electron chi connectivity index (χ3n) is 4.50. The average molecular weight is 334 g/mol. The summed E-state index contributed by atoms with van der Waals surface area (Å²) < 4.78 is 3.51. The first-order chi connectivity index (χ1) is 9.24. The van der Waals surface area contributed by atoms with Crippen molar-refractivity contribution in [2.75, 3.05) is 0 Å². The molecule has 3 aromatic rings. The van der Waals surface area contributed by atoms with E-state index in [-0.39, 0.29) is 0 Å². The molecule has 2 aliphatic rings. The lowest BCUT2D eigenvalue weighted by Crippen LogP contribution is -2.08. The predicted octanol–water partition coefficient (Wildman–Crippen LogP) is 4.72. The van der Waals surface area contributed by atoms with Gasteiger partial charge in [0.05, 0.1) is 16.7 Å². The maximum atomic E-state index is 6.21. The highest BCUT2D eigenvalue weighted by Gasteiger charge is 2.44. The van der Waals surface area contributed by atoms with E-state index in [1.807, 2.05) is 12.3 Å². The summed E-state index contributed by atoms with van der Waals surface area (Å²) in [7, 11) is 0. The number of benzene rings is 1. The van der Waals surface area contributed by atoms with Crippen molar-refractivity contribution in [1.82, 2.24) is 9.55 Å². The Balaban J connectivity index is 2.09. The fraction of sp³-hybridized carbons (Fsp3) is 0.267. The van der Waals surface area contributed by atoms with Crippen LogP contribution in [0.3, 0.4) is 0 Å². The number of rotatable bonds is 0. The summed E-state index contributed by atoms with van der Waals surface area (Å²) in [6.07, 6.45) is 3.23. The Hall–Kier alpha value is -1.06. The Bertz CT molecular complexity index is 868. The second-order valence-electron chi connectivity index (χ2n) is 5.59. The molecule has 0 spiro atoms. The largest absolute Gasteiger partial charge is 0.338 e. The molecular weight excluding hydrogens is 324 g/mol. The SMILES string of the molecule is Clc1cc(Br)c2c(c1)c1ccnc3c1n2CC1CC31. The van der Waals surface area contributed by atoms with Gasteiger partial charge in [0, 0.05) is 38.9 Å². The van der Waals surface area contributed by atoms with Crippen LogP contribution in [-0.2, 0) is 6.54 Å². The highest BCUT2D eigenvalue weighted by Crippen LogP contribution is 2.54. The molecule has 2 atom stereocenters. The van der Waals surface area contributed by atoms with E-state index in [4.69, 9.17) is 11.6 Å². The fourth-order valence-corrected chi connectivity index (χ4v) is 4.63. The van der Waals surface area contributed by atoms with Crippen molar-refractivity contribution in [2.24, 2.45) is 5.92 Å². The third-order valence-corrected chi connectivity index (χ3v) is 5.32. The first-order valence-electron chi connectivity index (χ1n) is 6.50. The molecule has 0 amide bonds. The summed E-state index contributed by atoms with van der Waals surface area (Å²) in [5.74, 6) is 1.47. The van der Waals surface area contributed by atoms with Crippen LogP contribution in [-0.4, -0.2) is 9.55 Å². The lowest BCUT2D eigenvalue weighted by Gasteiger charge is -2.15. The van der Waals surface area contributed by atoms with E-state index in [9.17, 15) is 0 Å². The van der Waals surface area contributed by atoms with Crippen LogP contribution in [0.25, 0.3) is 21.8 Å². The molecule has 19 heavy (non-hydrogen) atoms. The number of pyridine rings is 1. The normalized spacial score (nSPS) is 23.9. The van der Waals surface area contributed by atoms with Gasteiger partial charge in [0.2, 0.25) is 0 Å². The van der Waals surface area contributed by atoms with Gasteiger partial charge in [-0.2, -0.15) is 0 Å². The number of hydrogen-bond donors (Lipinski definition) is 0. The second-order valence-corrected chi connectivity index (χ2v) is 6.88. The van der Waals surface area contributed by atoms with Crippen LogP contribution in [0.2, 0.25) is 5.02 Å². The van der Waals surface area contributed by atoms with E-state index in [2.05, 4.69) is 37.6 Å². The van der Waals surface area contributed by atoms with Gasteiger partial charge in [-0.15, -0.1) is 0 Å². The molecule has 2 nitrogen and oxygen atoms in total. The molecule has 1 saturated carbocycles. The van der Waals surface area contributed by atoms with Gasteiger partial charge in [0.1, 0.15) is 0 Å². The molecule has 1 aromatic carbocycles. The van der Waals surface area contributed by atoms with Crippen LogP contribution >= 0.6 is 27.5 Å². The molecule has 94 valence electrons. The van der Waals surface area contributed by atoms with Gasteiger partial charge in [-0.3, -0.25) is 4.98 Å². The summed E-state index contributed by atoms with van der Waals surface area (Å²) >= 11 is 9.89.